The number of esters is 2. The molecule has 0 aliphatic carbocycles. The van der Waals surface area contributed by atoms with Crippen molar-refractivity contribution >= 4 is 19.8 Å². The van der Waals surface area contributed by atoms with Gasteiger partial charge in [-0.25, -0.2) is 4.57 Å². The fraction of sp³-hybridized carbons (Fsp3) is 0.755. The van der Waals surface area contributed by atoms with E-state index < -0.39 is 26.5 Å². The van der Waals surface area contributed by atoms with E-state index in [0.29, 0.717) is 6.42 Å². The predicted octanol–water partition coefficient (Wildman–Crippen LogP) is 15.1. The minimum atomic E-state index is -4.29. The van der Waals surface area contributed by atoms with E-state index >= 15 is 0 Å². The second kappa shape index (κ2) is 44.3. The maximum absolute atomic E-state index is 12.6. The van der Waals surface area contributed by atoms with Gasteiger partial charge >= 0.3 is 19.8 Å². The second-order valence-electron chi connectivity index (χ2n) is 15.4. The highest BCUT2D eigenvalue weighted by atomic mass is 31.2. The number of phosphoric acid groups is 1. The van der Waals surface area contributed by atoms with Crippen molar-refractivity contribution in [3.8, 4) is 0 Å². The van der Waals surface area contributed by atoms with Crippen LogP contribution < -0.4 is 0 Å². The zero-order chi connectivity index (χ0) is 42.5. The maximum atomic E-state index is 12.6. The normalized spacial score (nSPS) is 13.8. The van der Waals surface area contributed by atoms with Gasteiger partial charge < -0.3 is 14.4 Å². The largest absolute Gasteiger partial charge is 0.472 e. The van der Waals surface area contributed by atoms with Crippen LogP contribution in [-0.2, 0) is 32.7 Å². The molecule has 0 heterocycles. The number of rotatable bonds is 43. The van der Waals surface area contributed by atoms with Crippen LogP contribution in [0.4, 0.5) is 0 Å². The Morgan fingerprint density at radius 1 is 0.466 bits per heavy atom. The molecule has 58 heavy (non-hydrogen) atoms. The molecule has 0 rings (SSSR count). The lowest BCUT2D eigenvalue weighted by atomic mass is 10.1. The zero-order valence-corrected chi connectivity index (χ0v) is 38.3. The first kappa shape index (κ1) is 55.8. The minimum Gasteiger partial charge on any atom is -0.462 e. The first-order valence-electron chi connectivity index (χ1n) is 23.6. The average molecular weight is 835 g/mol. The van der Waals surface area contributed by atoms with Gasteiger partial charge in [-0.3, -0.25) is 18.6 Å². The molecular formula is C49H87O8P. The van der Waals surface area contributed by atoms with Gasteiger partial charge in [0.25, 0.3) is 0 Å². The van der Waals surface area contributed by atoms with Crippen molar-refractivity contribution in [3.63, 3.8) is 0 Å². The topological polar surface area (TPSA) is 108 Å². The molecule has 0 aliphatic rings. The quantitative estimate of drug-likeness (QED) is 0.0280. The van der Waals surface area contributed by atoms with Crippen molar-refractivity contribution < 1.29 is 37.6 Å². The molecule has 0 aromatic carbocycles. The van der Waals surface area contributed by atoms with Crippen molar-refractivity contribution in [1.29, 1.82) is 0 Å². The van der Waals surface area contributed by atoms with E-state index in [9.17, 15) is 19.0 Å². The Hall–Kier alpha value is -2.25. The summed E-state index contributed by atoms with van der Waals surface area (Å²) in [5.74, 6) is -0.816. The minimum absolute atomic E-state index is 0.00529. The number of hydrogen-bond donors (Lipinski definition) is 1. The Labute approximate surface area is 356 Å². The molecule has 9 heteroatoms. The van der Waals surface area contributed by atoms with Gasteiger partial charge in [0.2, 0.25) is 0 Å². The number of hydrogen-bond acceptors (Lipinski definition) is 7. The van der Waals surface area contributed by atoms with E-state index in [1.165, 1.54) is 96.3 Å². The van der Waals surface area contributed by atoms with Crippen LogP contribution in [0.5, 0.6) is 0 Å². The number of phosphoric ester groups is 1. The third-order valence-electron chi connectivity index (χ3n) is 9.80. The van der Waals surface area contributed by atoms with Crippen LogP contribution in [0, 0.1) is 0 Å². The summed E-state index contributed by atoms with van der Waals surface area (Å²) in [6.45, 7) is 5.41. The summed E-state index contributed by atoms with van der Waals surface area (Å²) in [4.78, 5) is 34.9. The molecule has 0 saturated carbocycles. The van der Waals surface area contributed by atoms with E-state index in [1.54, 1.807) is 6.92 Å². The average Bonchev–Trinajstić information content (AvgIpc) is 3.20. The highest BCUT2D eigenvalue weighted by Gasteiger charge is 2.25. The molecule has 2 atom stereocenters. The maximum Gasteiger partial charge on any atom is 0.472 e. The smallest absolute Gasteiger partial charge is 0.462 e. The van der Waals surface area contributed by atoms with Crippen LogP contribution in [0.25, 0.3) is 0 Å². The van der Waals surface area contributed by atoms with Crippen LogP contribution in [0.15, 0.2) is 60.8 Å². The molecule has 1 N–H and O–H groups in total. The molecule has 0 saturated heterocycles. The van der Waals surface area contributed by atoms with Crippen molar-refractivity contribution in [2.45, 2.75) is 219 Å². The van der Waals surface area contributed by atoms with Crippen LogP contribution in [0.1, 0.15) is 213 Å². The molecule has 2 unspecified atom stereocenters. The second-order valence-corrected chi connectivity index (χ2v) is 16.9. The molecular weight excluding hydrogens is 748 g/mol. The van der Waals surface area contributed by atoms with Crippen LogP contribution >= 0.6 is 7.82 Å². The summed E-state index contributed by atoms with van der Waals surface area (Å²) in [5, 5.41) is 0. The van der Waals surface area contributed by atoms with Crippen molar-refractivity contribution in [1.82, 2.24) is 0 Å². The van der Waals surface area contributed by atoms with E-state index in [-0.39, 0.29) is 32.0 Å². The molecule has 0 aliphatic heterocycles. The summed E-state index contributed by atoms with van der Waals surface area (Å²) in [7, 11) is -4.29. The number of carbonyl (C=O) groups excluding carboxylic acids is 2. The summed E-state index contributed by atoms with van der Waals surface area (Å²) in [6.07, 6.45) is 54.1. The molecule has 0 spiro atoms. The van der Waals surface area contributed by atoms with Gasteiger partial charge in [0, 0.05) is 12.8 Å². The third kappa shape index (κ3) is 43.3. The monoisotopic (exact) mass is 835 g/mol. The molecule has 0 bridgehead atoms. The lowest BCUT2D eigenvalue weighted by molar-refractivity contribution is -0.161. The van der Waals surface area contributed by atoms with Gasteiger partial charge in [-0.1, -0.05) is 171 Å². The van der Waals surface area contributed by atoms with Gasteiger partial charge in [0.1, 0.15) is 6.61 Å². The van der Waals surface area contributed by atoms with Gasteiger partial charge in [-0.15, -0.1) is 0 Å². The molecule has 0 amide bonds. The standard InChI is InChI=1S/C49H87O8P/c1-4-7-9-11-13-15-17-19-21-23-25-27-29-31-33-35-37-39-41-43-48(50)54-45-47(46-56-58(52,53)55-6-3)57-49(51)44-42-40-38-36-34-32-30-28-26-24-22-20-18-16-14-12-10-8-5-2/h13-16,19-22,26,28,47H,4-12,17-18,23-25,27,29-46H2,1-3H3,(H,52,53)/b15-13-,16-14-,21-19-,22-20-,28-26-. The Balaban J connectivity index is 4.07. The molecule has 0 aromatic rings. The Morgan fingerprint density at radius 2 is 0.828 bits per heavy atom. The van der Waals surface area contributed by atoms with E-state index in [4.69, 9.17) is 18.5 Å². The lowest BCUT2D eigenvalue weighted by Crippen LogP contribution is -2.29. The zero-order valence-electron chi connectivity index (χ0n) is 37.4. The number of unbranched alkanes of at least 4 members (excludes halogenated alkanes) is 21. The fourth-order valence-electron chi connectivity index (χ4n) is 6.31. The molecule has 0 fully saturated rings. The first-order chi connectivity index (χ1) is 28.3. The Bertz CT molecular complexity index is 1130. The van der Waals surface area contributed by atoms with E-state index in [0.717, 1.165) is 77.0 Å². The van der Waals surface area contributed by atoms with E-state index in [1.807, 2.05) is 0 Å². The van der Waals surface area contributed by atoms with E-state index in [2.05, 4.69) is 74.6 Å². The predicted molar refractivity (Wildman–Crippen MR) is 244 cm³/mol. The summed E-state index contributed by atoms with van der Waals surface area (Å²) in [6, 6.07) is 0. The van der Waals surface area contributed by atoms with Gasteiger partial charge in [-0.2, -0.15) is 0 Å². The SMILES string of the molecule is CCCCC/C=C\C/C=C\C/C=C\CCCCCCCCC(=O)OC(COC(=O)CCCCCCCCCCC/C=C\C/C=C\CCCCC)COP(=O)(O)OCC. The van der Waals surface area contributed by atoms with Crippen LogP contribution in [0.3, 0.4) is 0 Å². The highest BCUT2D eigenvalue weighted by molar-refractivity contribution is 7.47. The first-order valence-corrected chi connectivity index (χ1v) is 25.1. The molecule has 8 nitrogen and oxygen atoms in total. The molecule has 0 radical (unpaired) electrons. The van der Waals surface area contributed by atoms with Crippen molar-refractivity contribution in [3.05, 3.63) is 60.8 Å². The van der Waals surface area contributed by atoms with Crippen LogP contribution in [0.2, 0.25) is 0 Å². The lowest BCUT2D eigenvalue weighted by Gasteiger charge is -2.19. The molecule has 0 aromatic heterocycles. The Morgan fingerprint density at radius 3 is 1.24 bits per heavy atom. The number of carbonyl (C=O) groups is 2. The summed E-state index contributed by atoms with van der Waals surface area (Å²) >= 11 is 0. The fourth-order valence-corrected chi connectivity index (χ4v) is 7.07. The number of allylic oxidation sites excluding steroid dienone is 10. The highest BCUT2D eigenvalue weighted by Crippen LogP contribution is 2.43. The summed E-state index contributed by atoms with van der Waals surface area (Å²) < 4.78 is 32.7. The van der Waals surface area contributed by atoms with Gasteiger partial charge in [-0.05, 0) is 90.4 Å². The Kier molecular flexibility index (Phi) is 42.6. The van der Waals surface area contributed by atoms with Crippen molar-refractivity contribution in [2.24, 2.45) is 0 Å². The third-order valence-corrected chi connectivity index (χ3v) is 10.9. The van der Waals surface area contributed by atoms with Crippen LogP contribution in [-0.4, -0.2) is 42.8 Å². The van der Waals surface area contributed by atoms with Gasteiger partial charge in [0.05, 0.1) is 13.2 Å². The summed E-state index contributed by atoms with van der Waals surface area (Å²) in [5.41, 5.74) is 0. The van der Waals surface area contributed by atoms with Crippen molar-refractivity contribution in [2.75, 3.05) is 19.8 Å². The molecule has 336 valence electrons. The number of ether oxygens (including phenoxy) is 2. The van der Waals surface area contributed by atoms with Gasteiger partial charge in [0.15, 0.2) is 6.10 Å².